The summed E-state index contributed by atoms with van der Waals surface area (Å²) in [5.41, 5.74) is 0. The van der Waals surface area contributed by atoms with Crippen LogP contribution in [0.15, 0.2) is 0 Å². The summed E-state index contributed by atoms with van der Waals surface area (Å²) in [6.07, 6.45) is 5.40. The smallest absolute Gasteiger partial charge is 0.373 e. The minimum atomic E-state index is -3.06. The minimum absolute atomic E-state index is 0.377. The maximum atomic E-state index is 12.9. The standard InChI is InChI=1S/C18H41O6PSi/c1-6-12-20-25(19,21-13-7-2)17-11-18-26(22-14-8-3,23-15-9-4)24-16-10-5/h6-18H2,1-5H3. The van der Waals surface area contributed by atoms with Crippen molar-refractivity contribution >= 4 is 16.4 Å². The van der Waals surface area contributed by atoms with Gasteiger partial charge in [0, 0.05) is 25.9 Å². The van der Waals surface area contributed by atoms with Gasteiger partial charge in [0.1, 0.15) is 0 Å². The van der Waals surface area contributed by atoms with Crippen molar-refractivity contribution in [2.75, 3.05) is 39.2 Å². The van der Waals surface area contributed by atoms with Gasteiger partial charge < -0.3 is 22.3 Å². The molecule has 0 spiro atoms. The topological polar surface area (TPSA) is 63.2 Å². The van der Waals surface area contributed by atoms with Gasteiger partial charge in [-0.2, -0.15) is 0 Å². The van der Waals surface area contributed by atoms with Crippen LogP contribution in [-0.4, -0.2) is 48.0 Å². The van der Waals surface area contributed by atoms with Crippen LogP contribution in [-0.2, 0) is 26.9 Å². The highest BCUT2D eigenvalue weighted by Gasteiger charge is 2.41. The van der Waals surface area contributed by atoms with Gasteiger partial charge in [0.15, 0.2) is 0 Å². The van der Waals surface area contributed by atoms with Gasteiger partial charge in [0.2, 0.25) is 0 Å². The Balaban J connectivity index is 4.89. The third-order valence-electron chi connectivity index (χ3n) is 3.48. The van der Waals surface area contributed by atoms with E-state index in [1.807, 2.05) is 13.8 Å². The average molecular weight is 413 g/mol. The molecule has 0 heterocycles. The zero-order valence-electron chi connectivity index (χ0n) is 17.6. The number of rotatable bonds is 19. The second-order valence-corrected chi connectivity index (χ2v) is 11.3. The molecule has 0 aromatic rings. The molecule has 26 heavy (non-hydrogen) atoms. The number of hydrogen-bond donors (Lipinski definition) is 0. The van der Waals surface area contributed by atoms with Gasteiger partial charge in [-0.15, -0.1) is 0 Å². The van der Waals surface area contributed by atoms with Crippen LogP contribution in [0.5, 0.6) is 0 Å². The van der Waals surface area contributed by atoms with E-state index in [1.165, 1.54) is 0 Å². The molecule has 0 saturated heterocycles. The predicted molar refractivity (Wildman–Crippen MR) is 109 cm³/mol. The van der Waals surface area contributed by atoms with E-state index >= 15 is 0 Å². The Kier molecular flexibility index (Phi) is 16.4. The van der Waals surface area contributed by atoms with Gasteiger partial charge in [-0.05, 0) is 38.5 Å². The highest BCUT2D eigenvalue weighted by molar-refractivity contribution is 7.53. The maximum absolute atomic E-state index is 12.9. The molecule has 0 atom stereocenters. The van der Waals surface area contributed by atoms with Gasteiger partial charge >= 0.3 is 16.4 Å². The monoisotopic (exact) mass is 412 g/mol. The lowest BCUT2D eigenvalue weighted by atomic mass is 10.5. The molecule has 0 radical (unpaired) electrons. The zero-order chi connectivity index (χ0) is 19.7. The highest BCUT2D eigenvalue weighted by Crippen LogP contribution is 2.49. The molecule has 0 aliphatic heterocycles. The van der Waals surface area contributed by atoms with Crippen LogP contribution in [0.1, 0.15) is 73.1 Å². The summed E-state index contributed by atoms with van der Waals surface area (Å²) < 4.78 is 42.3. The molecule has 0 aromatic carbocycles. The Morgan fingerprint density at radius 2 is 1.04 bits per heavy atom. The van der Waals surface area contributed by atoms with E-state index in [4.69, 9.17) is 22.3 Å². The molecular formula is C18H41O6PSi. The molecule has 158 valence electrons. The van der Waals surface area contributed by atoms with Gasteiger partial charge in [0.05, 0.1) is 19.4 Å². The fraction of sp³-hybridized carbons (Fsp3) is 1.00. The summed E-state index contributed by atoms with van der Waals surface area (Å²) >= 11 is 0. The quantitative estimate of drug-likeness (QED) is 0.202. The van der Waals surface area contributed by atoms with Crippen molar-refractivity contribution in [1.29, 1.82) is 0 Å². The van der Waals surface area contributed by atoms with Crippen molar-refractivity contribution in [2.24, 2.45) is 0 Å². The summed E-state index contributed by atoms with van der Waals surface area (Å²) in [6.45, 7) is 13.0. The lowest BCUT2D eigenvalue weighted by Crippen LogP contribution is -2.46. The Morgan fingerprint density at radius 1 is 0.654 bits per heavy atom. The van der Waals surface area contributed by atoms with Crippen LogP contribution >= 0.6 is 7.60 Å². The van der Waals surface area contributed by atoms with Crippen molar-refractivity contribution in [1.82, 2.24) is 0 Å². The van der Waals surface area contributed by atoms with Crippen molar-refractivity contribution in [3.63, 3.8) is 0 Å². The lowest BCUT2D eigenvalue weighted by Gasteiger charge is -2.30. The number of hydrogen-bond acceptors (Lipinski definition) is 6. The summed E-state index contributed by atoms with van der Waals surface area (Å²) in [4.78, 5) is 0. The van der Waals surface area contributed by atoms with Crippen molar-refractivity contribution < 1.29 is 26.9 Å². The molecule has 0 aliphatic carbocycles. The van der Waals surface area contributed by atoms with E-state index in [0.29, 0.717) is 51.7 Å². The van der Waals surface area contributed by atoms with E-state index in [-0.39, 0.29) is 0 Å². The van der Waals surface area contributed by atoms with Crippen LogP contribution in [0.3, 0.4) is 0 Å². The molecular weight excluding hydrogens is 371 g/mol. The molecule has 0 N–H and O–H groups in total. The average Bonchev–Trinajstić information content (AvgIpc) is 2.65. The van der Waals surface area contributed by atoms with Gasteiger partial charge in [0.25, 0.3) is 0 Å². The van der Waals surface area contributed by atoms with E-state index < -0.39 is 16.4 Å². The SMILES string of the molecule is CCCO[Si](CCCP(=O)(OCCC)OCCC)(OCCC)OCCC. The van der Waals surface area contributed by atoms with E-state index in [9.17, 15) is 4.57 Å². The molecule has 0 rings (SSSR count). The second kappa shape index (κ2) is 16.2. The summed E-state index contributed by atoms with van der Waals surface area (Å²) in [7, 11) is -5.81. The molecule has 0 aliphatic rings. The Labute approximate surface area is 162 Å². The molecule has 0 saturated carbocycles. The van der Waals surface area contributed by atoms with E-state index in [2.05, 4.69) is 20.8 Å². The first-order chi connectivity index (χ1) is 12.5. The van der Waals surface area contributed by atoms with E-state index in [0.717, 1.165) is 32.1 Å². The largest absolute Gasteiger partial charge is 0.500 e. The normalized spacial score (nSPS) is 12.7. The van der Waals surface area contributed by atoms with Crippen molar-refractivity contribution in [3.05, 3.63) is 0 Å². The Morgan fingerprint density at radius 3 is 1.38 bits per heavy atom. The molecule has 0 amide bonds. The first kappa shape index (κ1) is 26.2. The molecule has 0 unspecified atom stereocenters. The predicted octanol–water partition coefficient (Wildman–Crippen LogP) is 5.64. The second-order valence-electron chi connectivity index (χ2n) is 6.33. The summed E-state index contributed by atoms with van der Waals surface area (Å²) in [6, 6.07) is 0.641. The summed E-state index contributed by atoms with van der Waals surface area (Å²) in [5, 5.41) is 0. The van der Waals surface area contributed by atoms with E-state index in [1.54, 1.807) is 0 Å². The molecule has 0 fully saturated rings. The third kappa shape index (κ3) is 11.9. The fourth-order valence-corrected chi connectivity index (χ4v) is 7.17. The highest BCUT2D eigenvalue weighted by atomic mass is 31.2. The van der Waals surface area contributed by atoms with Gasteiger partial charge in [-0.3, -0.25) is 4.57 Å². The molecule has 0 aromatic heterocycles. The minimum Gasteiger partial charge on any atom is -0.373 e. The van der Waals surface area contributed by atoms with Crippen molar-refractivity contribution in [2.45, 2.75) is 79.2 Å². The fourth-order valence-electron chi connectivity index (χ4n) is 2.23. The first-order valence-corrected chi connectivity index (χ1v) is 14.0. The van der Waals surface area contributed by atoms with Gasteiger partial charge in [-0.1, -0.05) is 34.6 Å². The van der Waals surface area contributed by atoms with Crippen LogP contribution in [0.2, 0.25) is 6.04 Å². The maximum Gasteiger partial charge on any atom is 0.500 e. The van der Waals surface area contributed by atoms with Crippen LogP contribution in [0.25, 0.3) is 0 Å². The van der Waals surface area contributed by atoms with Crippen molar-refractivity contribution in [3.8, 4) is 0 Å². The Bertz CT molecular complexity index is 336. The molecule has 6 nitrogen and oxygen atoms in total. The molecule has 0 bridgehead atoms. The first-order valence-electron chi connectivity index (χ1n) is 10.3. The van der Waals surface area contributed by atoms with Crippen LogP contribution < -0.4 is 0 Å². The zero-order valence-corrected chi connectivity index (χ0v) is 19.5. The van der Waals surface area contributed by atoms with Gasteiger partial charge in [-0.25, -0.2) is 0 Å². The van der Waals surface area contributed by atoms with Crippen LogP contribution in [0, 0.1) is 0 Å². The lowest BCUT2D eigenvalue weighted by molar-refractivity contribution is 0.0590. The summed E-state index contributed by atoms with van der Waals surface area (Å²) in [5.74, 6) is 0. The molecule has 8 heteroatoms. The third-order valence-corrected chi connectivity index (χ3v) is 8.39. The Hall–Kier alpha value is 0.247. The van der Waals surface area contributed by atoms with Crippen LogP contribution in [0.4, 0.5) is 0 Å².